The first-order valence-corrected chi connectivity index (χ1v) is 9.70. The number of aromatic nitrogens is 1. The molecule has 1 aromatic heterocycles. The fourth-order valence-electron chi connectivity index (χ4n) is 4.36. The van der Waals surface area contributed by atoms with E-state index in [9.17, 15) is 4.79 Å². The minimum absolute atomic E-state index is 0.0875. The molecule has 138 valence electrons. The van der Waals surface area contributed by atoms with Crippen LogP contribution in [0.25, 0.3) is 0 Å². The molecule has 0 bridgehead atoms. The Morgan fingerprint density at radius 3 is 2.77 bits per heavy atom. The summed E-state index contributed by atoms with van der Waals surface area (Å²) < 4.78 is 5.24. The van der Waals surface area contributed by atoms with Crippen LogP contribution in [0.15, 0.2) is 40.9 Å². The van der Waals surface area contributed by atoms with Gasteiger partial charge in [0.1, 0.15) is 11.5 Å². The summed E-state index contributed by atoms with van der Waals surface area (Å²) >= 11 is 0. The van der Waals surface area contributed by atoms with Gasteiger partial charge in [0, 0.05) is 25.7 Å². The van der Waals surface area contributed by atoms with Gasteiger partial charge in [-0.3, -0.25) is 9.69 Å². The second kappa shape index (κ2) is 7.62. The third-order valence-electron chi connectivity index (χ3n) is 5.63. The Morgan fingerprint density at radius 2 is 2.00 bits per heavy atom. The minimum atomic E-state index is 0.0875. The van der Waals surface area contributed by atoms with Crippen LogP contribution in [0.4, 0.5) is 0 Å². The maximum Gasteiger partial charge on any atom is 0.227 e. The molecule has 2 atom stereocenters. The average molecular weight is 353 g/mol. The Kier molecular flexibility index (Phi) is 5.07. The van der Waals surface area contributed by atoms with Gasteiger partial charge in [-0.15, -0.1) is 0 Å². The van der Waals surface area contributed by atoms with E-state index in [1.807, 2.05) is 24.0 Å². The summed E-state index contributed by atoms with van der Waals surface area (Å²) in [6.07, 6.45) is 4.11. The fourth-order valence-corrected chi connectivity index (χ4v) is 4.36. The summed E-state index contributed by atoms with van der Waals surface area (Å²) in [7, 11) is 0. The number of piperidine rings is 1. The van der Waals surface area contributed by atoms with Gasteiger partial charge in [0.2, 0.25) is 5.91 Å². The molecule has 3 heterocycles. The molecule has 2 aromatic rings. The van der Waals surface area contributed by atoms with E-state index in [1.54, 1.807) is 0 Å². The summed E-state index contributed by atoms with van der Waals surface area (Å²) in [5.74, 6) is 1.21. The molecule has 1 amide bonds. The lowest BCUT2D eigenvalue weighted by molar-refractivity contribution is -0.138. The van der Waals surface area contributed by atoms with Gasteiger partial charge < -0.3 is 9.42 Å². The predicted molar refractivity (Wildman–Crippen MR) is 99.4 cm³/mol. The van der Waals surface area contributed by atoms with Crippen molar-refractivity contribution in [2.75, 3.05) is 19.6 Å². The molecule has 0 spiro atoms. The van der Waals surface area contributed by atoms with E-state index in [2.05, 4.69) is 34.3 Å². The Labute approximate surface area is 155 Å². The molecule has 2 aliphatic heterocycles. The van der Waals surface area contributed by atoms with Gasteiger partial charge in [0.05, 0.1) is 12.0 Å². The largest absolute Gasteiger partial charge is 0.361 e. The van der Waals surface area contributed by atoms with E-state index in [-0.39, 0.29) is 12.0 Å². The number of carbonyl (C=O) groups excluding carboxylic acids is 1. The smallest absolute Gasteiger partial charge is 0.227 e. The predicted octanol–water partition coefficient (Wildman–Crippen LogP) is 3.56. The van der Waals surface area contributed by atoms with Crippen molar-refractivity contribution in [3.05, 3.63) is 53.4 Å². The van der Waals surface area contributed by atoms with Gasteiger partial charge in [-0.25, -0.2) is 0 Å². The number of amides is 1. The van der Waals surface area contributed by atoms with Crippen molar-refractivity contribution in [2.45, 2.75) is 45.2 Å². The van der Waals surface area contributed by atoms with Crippen LogP contribution in [0, 0.1) is 12.8 Å². The monoisotopic (exact) mass is 353 g/mol. The van der Waals surface area contributed by atoms with Crippen LogP contribution in [-0.4, -0.2) is 40.5 Å². The number of hydrogen-bond acceptors (Lipinski definition) is 4. The normalized spacial score (nSPS) is 24.1. The zero-order valence-electron chi connectivity index (χ0n) is 15.4. The number of rotatable bonds is 4. The number of hydrogen-bond donors (Lipinski definition) is 0. The Bertz CT molecular complexity index is 743. The van der Waals surface area contributed by atoms with Gasteiger partial charge in [0.15, 0.2) is 0 Å². The molecular formula is C21H27N3O2. The number of nitrogens with zero attached hydrogens (tertiary/aromatic N) is 3. The van der Waals surface area contributed by atoms with E-state index >= 15 is 0 Å². The van der Waals surface area contributed by atoms with E-state index < -0.39 is 0 Å². The van der Waals surface area contributed by atoms with E-state index in [0.29, 0.717) is 5.91 Å². The average Bonchev–Trinajstić information content (AvgIpc) is 3.31. The quantitative estimate of drug-likeness (QED) is 0.843. The molecule has 4 rings (SSSR count). The van der Waals surface area contributed by atoms with Crippen LogP contribution in [0.2, 0.25) is 0 Å². The van der Waals surface area contributed by atoms with Crippen LogP contribution in [-0.2, 0) is 11.3 Å². The van der Waals surface area contributed by atoms with E-state index in [0.717, 1.165) is 63.3 Å². The number of aryl methyl sites for hydroxylation is 1. The second-order valence-electron chi connectivity index (χ2n) is 7.61. The molecule has 0 saturated carbocycles. The van der Waals surface area contributed by atoms with Crippen LogP contribution in [0.1, 0.15) is 48.7 Å². The van der Waals surface area contributed by atoms with Crippen molar-refractivity contribution in [1.29, 1.82) is 0 Å². The molecule has 1 aromatic carbocycles. The molecular weight excluding hydrogens is 326 g/mol. The first kappa shape index (κ1) is 17.3. The molecule has 2 aliphatic rings. The number of likely N-dealkylation sites (tertiary alicyclic amines) is 2. The lowest BCUT2D eigenvalue weighted by atomic mass is 9.95. The Morgan fingerprint density at radius 1 is 1.19 bits per heavy atom. The van der Waals surface area contributed by atoms with Gasteiger partial charge in [-0.05, 0) is 44.7 Å². The summed E-state index contributed by atoms with van der Waals surface area (Å²) in [4.78, 5) is 17.7. The summed E-state index contributed by atoms with van der Waals surface area (Å²) in [5.41, 5.74) is 2.23. The molecule has 0 radical (unpaired) electrons. The van der Waals surface area contributed by atoms with Crippen LogP contribution < -0.4 is 0 Å². The van der Waals surface area contributed by atoms with Crippen LogP contribution >= 0.6 is 0 Å². The maximum atomic E-state index is 13.2. The molecule has 0 N–H and O–H groups in total. The first-order chi connectivity index (χ1) is 12.7. The zero-order valence-corrected chi connectivity index (χ0v) is 15.4. The van der Waals surface area contributed by atoms with Crippen LogP contribution in [0.5, 0.6) is 0 Å². The highest BCUT2D eigenvalue weighted by Gasteiger charge is 2.37. The van der Waals surface area contributed by atoms with Gasteiger partial charge in [-0.1, -0.05) is 35.5 Å². The molecule has 2 saturated heterocycles. The lowest BCUT2D eigenvalue weighted by Crippen LogP contribution is -2.44. The van der Waals surface area contributed by atoms with Gasteiger partial charge >= 0.3 is 0 Å². The Hall–Kier alpha value is -2.14. The van der Waals surface area contributed by atoms with Crippen molar-refractivity contribution < 1.29 is 9.32 Å². The van der Waals surface area contributed by atoms with Crippen molar-refractivity contribution >= 4 is 5.91 Å². The topological polar surface area (TPSA) is 49.6 Å². The van der Waals surface area contributed by atoms with Crippen molar-refractivity contribution in [3.63, 3.8) is 0 Å². The third kappa shape index (κ3) is 3.68. The highest BCUT2D eigenvalue weighted by molar-refractivity contribution is 5.80. The third-order valence-corrected chi connectivity index (χ3v) is 5.63. The standard InChI is InChI=1S/C21H27N3O2/c1-16-13-19(22-26-16)20-10-6-12-24(20)21(25)18-9-5-11-23(15-18)14-17-7-3-2-4-8-17/h2-4,7-8,13,18,20H,5-6,9-12,14-15H2,1H3/t18-,20+/m0/s1. The van der Waals surface area contributed by atoms with Gasteiger partial charge in [0.25, 0.3) is 0 Å². The Balaban J connectivity index is 1.42. The lowest BCUT2D eigenvalue weighted by Gasteiger charge is -2.35. The molecule has 2 fully saturated rings. The number of benzene rings is 1. The highest BCUT2D eigenvalue weighted by Crippen LogP contribution is 2.34. The summed E-state index contributed by atoms with van der Waals surface area (Å²) in [5, 5.41) is 4.17. The van der Waals surface area contributed by atoms with Crippen molar-refractivity contribution in [2.24, 2.45) is 5.92 Å². The molecule has 5 heteroatoms. The molecule has 26 heavy (non-hydrogen) atoms. The zero-order chi connectivity index (χ0) is 17.9. The SMILES string of the molecule is Cc1cc([C@H]2CCCN2C(=O)[C@H]2CCCN(Cc3ccccc3)C2)no1. The van der Waals surface area contributed by atoms with Crippen molar-refractivity contribution in [3.8, 4) is 0 Å². The minimum Gasteiger partial charge on any atom is -0.361 e. The first-order valence-electron chi connectivity index (χ1n) is 9.70. The molecule has 5 nitrogen and oxygen atoms in total. The van der Waals surface area contributed by atoms with E-state index in [1.165, 1.54) is 5.56 Å². The maximum absolute atomic E-state index is 13.2. The van der Waals surface area contributed by atoms with Crippen molar-refractivity contribution in [1.82, 2.24) is 15.0 Å². The summed E-state index contributed by atoms with van der Waals surface area (Å²) in [6, 6.07) is 12.6. The highest BCUT2D eigenvalue weighted by atomic mass is 16.5. The second-order valence-corrected chi connectivity index (χ2v) is 7.61. The van der Waals surface area contributed by atoms with Crippen LogP contribution in [0.3, 0.4) is 0 Å². The molecule has 0 aliphatic carbocycles. The van der Waals surface area contributed by atoms with Gasteiger partial charge in [-0.2, -0.15) is 0 Å². The van der Waals surface area contributed by atoms with E-state index in [4.69, 9.17) is 4.52 Å². The fraction of sp³-hybridized carbons (Fsp3) is 0.524. The summed E-state index contributed by atoms with van der Waals surface area (Å²) in [6.45, 7) is 5.60. The molecule has 0 unspecified atom stereocenters. The number of carbonyl (C=O) groups is 1.